The van der Waals surface area contributed by atoms with Crippen molar-refractivity contribution in [3.05, 3.63) is 36.7 Å². The van der Waals surface area contributed by atoms with Crippen molar-refractivity contribution in [2.45, 2.75) is 0 Å². The maximum atomic E-state index is 4.12. The number of nitrogens with zero attached hydrogens (tertiary/aromatic N) is 2. The normalized spacial score (nSPS) is 9.09. The van der Waals surface area contributed by atoms with E-state index in [9.17, 15) is 0 Å². The molecule has 2 aromatic rings. The molecule has 0 aromatic carbocycles. The number of pyridine rings is 2. The zero-order chi connectivity index (χ0) is 6.81. The topological polar surface area (TPSA) is 25.8 Å². The van der Waals surface area contributed by atoms with Crippen molar-refractivity contribution in [1.82, 2.24) is 9.97 Å². The van der Waals surface area contributed by atoms with Crippen LogP contribution in [0.5, 0.6) is 0 Å². The Balaban J connectivity index is 0.000000605. The summed E-state index contributed by atoms with van der Waals surface area (Å²) in [6, 6.07) is 7.66. The molecule has 2 aromatic heterocycles. The Morgan fingerprint density at radius 2 is 1.27 bits per heavy atom. The number of hydrogen-bond donors (Lipinski definition) is 0. The molecule has 0 unspecified atom stereocenters. The molecule has 0 radical (unpaired) electrons. The summed E-state index contributed by atoms with van der Waals surface area (Å²) in [6.07, 6.45) is 3.54. The van der Waals surface area contributed by atoms with E-state index in [4.69, 9.17) is 0 Å². The molecule has 2 heterocycles. The third-order valence-electron chi connectivity index (χ3n) is 1.37. The zero-order valence-corrected chi connectivity index (χ0v) is 5.36. The van der Waals surface area contributed by atoms with E-state index in [0.29, 0.717) is 0 Å². The van der Waals surface area contributed by atoms with E-state index in [1.165, 1.54) is 0 Å². The van der Waals surface area contributed by atoms with Crippen LogP contribution in [0.25, 0.3) is 11.0 Å². The molecule has 0 spiro atoms. The molecule has 0 aliphatic carbocycles. The summed E-state index contributed by atoms with van der Waals surface area (Å²) in [6.45, 7) is 0. The summed E-state index contributed by atoms with van der Waals surface area (Å²) >= 11 is 0. The van der Waals surface area contributed by atoms with Crippen LogP contribution in [0.15, 0.2) is 36.7 Å². The van der Waals surface area contributed by atoms with Crippen LogP contribution in [0.4, 0.5) is 0 Å². The largest absolute Gasteiger partial charge is 0.255 e. The van der Waals surface area contributed by atoms with Crippen molar-refractivity contribution in [1.29, 1.82) is 0 Å². The van der Waals surface area contributed by atoms with E-state index in [-0.39, 0.29) is 29.6 Å². The second-order valence-corrected chi connectivity index (χ2v) is 2.05. The second-order valence-electron chi connectivity index (χ2n) is 2.05. The van der Waals surface area contributed by atoms with Crippen molar-refractivity contribution in [2.24, 2.45) is 0 Å². The van der Waals surface area contributed by atoms with E-state index in [2.05, 4.69) is 9.97 Å². The third-order valence-corrected chi connectivity index (χ3v) is 1.37. The summed E-state index contributed by atoms with van der Waals surface area (Å²) in [5.74, 6) is 0. The van der Waals surface area contributed by atoms with Gasteiger partial charge < -0.3 is 0 Å². The SMILES string of the molecule is [NaH].c1cnc2cccnc2c1. The monoisotopic (exact) mass is 154 g/mol. The van der Waals surface area contributed by atoms with Gasteiger partial charge in [0.15, 0.2) is 0 Å². The molecular weight excluding hydrogens is 147 g/mol. The Kier molecular flexibility index (Phi) is 3.00. The van der Waals surface area contributed by atoms with E-state index in [0.717, 1.165) is 11.0 Å². The van der Waals surface area contributed by atoms with Gasteiger partial charge in [-0.1, -0.05) is 0 Å². The number of hydrogen-bond acceptors (Lipinski definition) is 2. The third kappa shape index (κ3) is 1.77. The van der Waals surface area contributed by atoms with E-state index in [1.807, 2.05) is 24.3 Å². The molecule has 11 heavy (non-hydrogen) atoms. The standard InChI is InChI=1S/C8H6N2.Na.H/c1-3-7-8(9-5-1)4-2-6-10-7;;/h1-6H;;. The summed E-state index contributed by atoms with van der Waals surface area (Å²) in [5, 5.41) is 0. The maximum absolute atomic E-state index is 4.12. The van der Waals surface area contributed by atoms with Crippen LogP contribution in [0.2, 0.25) is 0 Å². The molecule has 2 nitrogen and oxygen atoms in total. The maximum Gasteiger partial charge on any atom is 0.0886 e. The van der Waals surface area contributed by atoms with Gasteiger partial charge in [0.1, 0.15) is 0 Å². The van der Waals surface area contributed by atoms with E-state index >= 15 is 0 Å². The van der Waals surface area contributed by atoms with Gasteiger partial charge in [-0.25, -0.2) is 0 Å². The Morgan fingerprint density at radius 3 is 1.73 bits per heavy atom. The van der Waals surface area contributed by atoms with Crippen molar-refractivity contribution >= 4 is 40.6 Å². The molecule has 0 amide bonds. The van der Waals surface area contributed by atoms with Crippen LogP contribution in [-0.2, 0) is 0 Å². The minimum absolute atomic E-state index is 0. The molecule has 0 aliphatic heterocycles. The van der Waals surface area contributed by atoms with Gasteiger partial charge in [-0.2, -0.15) is 0 Å². The predicted octanol–water partition coefficient (Wildman–Crippen LogP) is 0.981. The second kappa shape index (κ2) is 3.81. The Hall–Kier alpha value is -0.440. The fourth-order valence-electron chi connectivity index (χ4n) is 0.904. The van der Waals surface area contributed by atoms with Crippen LogP contribution < -0.4 is 0 Å². The molecule has 3 heteroatoms. The Morgan fingerprint density at radius 1 is 0.818 bits per heavy atom. The number of rotatable bonds is 0. The molecule has 0 saturated heterocycles. The van der Waals surface area contributed by atoms with Crippen molar-refractivity contribution < 1.29 is 0 Å². The smallest absolute Gasteiger partial charge is 0.0886 e. The molecule has 2 rings (SSSR count). The average Bonchev–Trinajstić information content (AvgIpc) is 2.05. The predicted molar refractivity (Wildman–Crippen MR) is 46.7 cm³/mol. The summed E-state index contributed by atoms with van der Waals surface area (Å²) in [7, 11) is 0. The fourth-order valence-corrected chi connectivity index (χ4v) is 0.904. The van der Waals surface area contributed by atoms with Gasteiger partial charge in [0, 0.05) is 12.4 Å². The van der Waals surface area contributed by atoms with Gasteiger partial charge in [-0.3, -0.25) is 9.97 Å². The minimum Gasteiger partial charge on any atom is -0.255 e. The molecule has 0 bridgehead atoms. The van der Waals surface area contributed by atoms with E-state index in [1.54, 1.807) is 12.4 Å². The van der Waals surface area contributed by atoms with Gasteiger partial charge in [0.25, 0.3) is 0 Å². The van der Waals surface area contributed by atoms with Crippen molar-refractivity contribution in [3.8, 4) is 0 Å². The van der Waals surface area contributed by atoms with Gasteiger partial charge >= 0.3 is 29.6 Å². The van der Waals surface area contributed by atoms with Gasteiger partial charge in [-0.05, 0) is 24.3 Å². The molecule has 50 valence electrons. The number of aromatic nitrogens is 2. The first-order chi connectivity index (χ1) is 4.97. The average molecular weight is 154 g/mol. The van der Waals surface area contributed by atoms with Crippen molar-refractivity contribution in [3.63, 3.8) is 0 Å². The van der Waals surface area contributed by atoms with Crippen LogP contribution >= 0.6 is 0 Å². The van der Waals surface area contributed by atoms with E-state index < -0.39 is 0 Å². The Labute approximate surface area is 87.0 Å². The first kappa shape index (κ1) is 8.65. The Bertz CT molecular complexity index is 283. The fraction of sp³-hybridized carbons (Fsp3) is 0. The zero-order valence-electron chi connectivity index (χ0n) is 5.36. The summed E-state index contributed by atoms with van der Waals surface area (Å²) < 4.78 is 0. The van der Waals surface area contributed by atoms with Crippen molar-refractivity contribution in [2.75, 3.05) is 0 Å². The summed E-state index contributed by atoms with van der Waals surface area (Å²) in [5.41, 5.74) is 1.90. The minimum atomic E-state index is 0. The molecule has 0 aliphatic rings. The summed E-state index contributed by atoms with van der Waals surface area (Å²) in [4.78, 5) is 8.24. The molecular formula is C8H7N2Na. The first-order valence-corrected chi connectivity index (χ1v) is 3.12. The number of fused-ring (bicyclic) bond motifs is 1. The van der Waals surface area contributed by atoms with Gasteiger partial charge in [0.2, 0.25) is 0 Å². The molecule has 0 fully saturated rings. The van der Waals surface area contributed by atoms with Crippen LogP contribution in [0, 0.1) is 0 Å². The molecule has 0 N–H and O–H groups in total. The first-order valence-electron chi connectivity index (χ1n) is 3.12. The quantitative estimate of drug-likeness (QED) is 0.528. The molecule has 0 saturated carbocycles. The molecule has 0 atom stereocenters. The van der Waals surface area contributed by atoms with Gasteiger partial charge in [0.05, 0.1) is 11.0 Å². The van der Waals surface area contributed by atoms with Crippen LogP contribution in [-0.4, -0.2) is 39.5 Å². The van der Waals surface area contributed by atoms with Crippen LogP contribution in [0.3, 0.4) is 0 Å². The van der Waals surface area contributed by atoms with Gasteiger partial charge in [-0.15, -0.1) is 0 Å². The van der Waals surface area contributed by atoms with Crippen LogP contribution in [0.1, 0.15) is 0 Å².